The van der Waals surface area contributed by atoms with Crippen molar-refractivity contribution in [3.05, 3.63) is 24.3 Å². The van der Waals surface area contributed by atoms with Crippen LogP contribution >= 0.6 is 0 Å². The minimum atomic E-state index is 0.697. The van der Waals surface area contributed by atoms with Gasteiger partial charge in [0.05, 0.1) is 0 Å². The Bertz CT molecular complexity index is 131. The third-order valence-corrected chi connectivity index (χ3v) is 1.93. The Morgan fingerprint density at radius 1 is 1.50 bits per heavy atom. The molecule has 1 saturated carbocycles. The maximum atomic E-state index is 3.92. The number of rotatable bonds is 0. The summed E-state index contributed by atoms with van der Waals surface area (Å²) in [5, 5.41) is 0. The third-order valence-electron chi connectivity index (χ3n) is 1.93. The van der Waals surface area contributed by atoms with Crippen molar-refractivity contribution in [2.45, 2.75) is 19.8 Å². The minimum absolute atomic E-state index is 0.697. The average Bonchev–Trinajstić information content (AvgIpc) is 1.98. The third kappa shape index (κ3) is 0.706. The monoisotopic (exact) mass is 108 g/mol. The fourth-order valence-electron chi connectivity index (χ4n) is 1.07. The van der Waals surface area contributed by atoms with Gasteiger partial charge in [0.15, 0.2) is 0 Å². The Hall–Kier alpha value is -0.520. The Morgan fingerprint density at radius 3 is 2.25 bits per heavy atom. The summed E-state index contributed by atoms with van der Waals surface area (Å²) in [7, 11) is 0. The van der Waals surface area contributed by atoms with E-state index < -0.39 is 0 Å². The highest BCUT2D eigenvalue weighted by Gasteiger charge is 2.16. The lowest BCUT2D eigenvalue weighted by Crippen LogP contribution is -1.85. The molecule has 0 heterocycles. The predicted molar refractivity (Wildman–Crippen MR) is 36.7 cm³/mol. The lowest BCUT2D eigenvalue weighted by Gasteiger charge is -1.99. The predicted octanol–water partition coefficient (Wildman–Crippen LogP) is 2.53. The van der Waals surface area contributed by atoms with E-state index in [2.05, 4.69) is 20.1 Å². The molecule has 8 heavy (non-hydrogen) atoms. The van der Waals surface area contributed by atoms with Gasteiger partial charge in [0.25, 0.3) is 0 Å². The van der Waals surface area contributed by atoms with Gasteiger partial charge >= 0.3 is 0 Å². The molecule has 0 saturated heterocycles. The average molecular weight is 108 g/mol. The summed E-state index contributed by atoms with van der Waals surface area (Å²) in [5.41, 5.74) is 2.53. The zero-order valence-corrected chi connectivity index (χ0v) is 5.41. The first-order valence-corrected chi connectivity index (χ1v) is 3.08. The van der Waals surface area contributed by atoms with Crippen molar-refractivity contribution in [3.63, 3.8) is 0 Å². The zero-order chi connectivity index (χ0) is 6.15. The molecule has 1 aliphatic carbocycles. The second kappa shape index (κ2) is 1.77. The highest BCUT2D eigenvalue weighted by Crippen LogP contribution is 2.32. The second-order valence-electron chi connectivity index (χ2n) is 2.57. The Kier molecular flexibility index (Phi) is 1.24. The van der Waals surface area contributed by atoms with Gasteiger partial charge in [-0.3, -0.25) is 0 Å². The summed E-state index contributed by atoms with van der Waals surface area (Å²) >= 11 is 0. The van der Waals surface area contributed by atoms with Crippen LogP contribution in [0.1, 0.15) is 19.8 Å². The summed E-state index contributed by atoms with van der Waals surface area (Å²) in [5.74, 6) is 0.697. The van der Waals surface area contributed by atoms with Crippen molar-refractivity contribution in [2.75, 3.05) is 0 Å². The molecule has 1 atom stereocenters. The van der Waals surface area contributed by atoms with Gasteiger partial charge < -0.3 is 0 Å². The largest absolute Gasteiger partial charge is 0.0956 e. The molecule has 1 unspecified atom stereocenters. The molecule has 1 aliphatic rings. The molecule has 0 spiro atoms. The van der Waals surface area contributed by atoms with Crippen LogP contribution in [0.4, 0.5) is 0 Å². The van der Waals surface area contributed by atoms with Crippen LogP contribution in [0, 0.1) is 5.92 Å². The first kappa shape index (κ1) is 5.61. The molecule has 0 aliphatic heterocycles. The first-order valence-electron chi connectivity index (χ1n) is 3.08. The first-order chi connectivity index (χ1) is 3.72. The SMILES string of the molecule is C=C1CCC(C)C1=C. The molecule has 0 heteroatoms. The molecule has 0 amide bonds. The topological polar surface area (TPSA) is 0 Å². The normalized spacial score (nSPS) is 29.4. The van der Waals surface area contributed by atoms with Gasteiger partial charge in [-0.05, 0) is 24.3 Å². The highest BCUT2D eigenvalue weighted by atomic mass is 14.2. The van der Waals surface area contributed by atoms with Crippen LogP contribution in [0.3, 0.4) is 0 Å². The van der Waals surface area contributed by atoms with E-state index >= 15 is 0 Å². The smallest absolute Gasteiger partial charge is 0.0191 e. The van der Waals surface area contributed by atoms with Crippen LogP contribution in [-0.2, 0) is 0 Å². The molecule has 0 bridgehead atoms. The molecule has 0 aromatic heterocycles. The van der Waals surface area contributed by atoms with E-state index in [4.69, 9.17) is 0 Å². The van der Waals surface area contributed by atoms with E-state index in [-0.39, 0.29) is 0 Å². The Balaban J connectivity index is 2.71. The van der Waals surface area contributed by atoms with E-state index in [0.717, 1.165) is 0 Å². The molecule has 1 rings (SSSR count). The van der Waals surface area contributed by atoms with E-state index in [9.17, 15) is 0 Å². The number of allylic oxidation sites excluding steroid dienone is 2. The highest BCUT2D eigenvalue weighted by molar-refractivity contribution is 5.31. The van der Waals surface area contributed by atoms with Crippen molar-refractivity contribution in [3.8, 4) is 0 Å². The van der Waals surface area contributed by atoms with Gasteiger partial charge in [0.1, 0.15) is 0 Å². The van der Waals surface area contributed by atoms with Crippen molar-refractivity contribution in [1.82, 2.24) is 0 Å². The summed E-state index contributed by atoms with van der Waals surface area (Å²) in [6, 6.07) is 0. The number of hydrogen-bond acceptors (Lipinski definition) is 0. The van der Waals surface area contributed by atoms with Crippen LogP contribution < -0.4 is 0 Å². The molecule has 0 radical (unpaired) electrons. The minimum Gasteiger partial charge on any atom is -0.0956 e. The molecule has 0 aromatic carbocycles. The van der Waals surface area contributed by atoms with Gasteiger partial charge in [-0.25, -0.2) is 0 Å². The quantitative estimate of drug-likeness (QED) is 0.447. The van der Waals surface area contributed by atoms with Crippen LogP contribution in [0.5, 0.6) is 0 Å². The van der Waals surface area contributed by atoms with Crippen molar-refractivity contribution in [2.24, 2.45) is 5.92 Å². The summed E-state index contributed by atoms with van der Waals surface area (Å²) in [6.07, 6.45) is 2.43. The number of hydrogen-bond donors (Lipinski definition) is 0. The summed E-state index contributed by atoms with van der Waals surface area (Å²) in [6.45, 7) is 10.0. The van der Waals surface area contributed by atoms with Crippen LogP contribution in [0.15, 0.2) is 24.3 Å². The fourth-order valence-corrected chi connectivity index (χ4v) is 1.07. The lowest BCUT2D eigenvalue weighted by atomic mass is 10.1. The fraction of sp³-hybridized carbons (Fsp3) is 0.500. The van der Waals surface area contributed by atoms with Crippen LogP contribution in [0.2, 0.25) is 0 Å². The lowest BCUT2D eigenvalue weighted by molar-refractivity contribution is 0.699. The Morgan fingerprint density at radius 2 is 2.12 bits per heavy atom. The van der Waals surface area contributed by atoms with E-state index in [1.54, 1.807) is 0 Å². The van der Waals surface area contributed by atoms with Gasteiger partial charge in [0.2, 0.25) is 0 Å². The second-order valence-corrected chi connectivity index (χ2v) is 2.57. The van der Waals surface area contributed by atoms with Crippen molar-refractivity contribution in [1.29, 1.82) is 0 Å². The molecular formula is C8H12. The van der Waals surface area contributed by atoms with E-state index in [1.165, 1.54) is 24.0 Å². The van der Waals surface area contributed by atoms with E-state index in [1.807, 2.05) is 0 Å². The summed E-state index contributed by atoms with van der Waals surface area (Å²) < 4.78 is 0. The van der Waals surface area contributed by atoms with Crippen LogP contribution in [-0.4, -0.2) is 0 Å². The molecule has 44 valence electrons. The zero-order valence-electron chi connectivity index (χ0n) is 5.41. The molecule has 1 fully saturated rings. The van der Waals surface area contributed by atoms with Gasteiger partial charge in [-0.2, -0.15) is 0 Å². The summed E-state index contributed by atoms with van der Waals surface area (Å²) in [4.78, 5) is 0. The maximum Gasteiger partial charge on any atom is -0.0191 e. The van der Waals surface area contributed by atoms with Gasteiger partial charge in [-0.15, -0.1) is 0 Å². The van der Waals surface area contributed by atoms with E-state index in [0.29, 0.717) is 5.92 Å². The maximum absolute atomic E-state index is 3.92. The Labute approximate surface area is 50.9 Å². The molecule has 0 N–H and O–H groups in total. The molecule has 0 aromatic rings. The van der Waals surface area contributed by atoms with Crippen LogP contribution in [0.25, 0.3) is 0 Å². The van der Waals surface area contributed by atoms with Gasteiger partial charge in [-0.1, -0.05) is 25.7 Å². The standard InChI is InChI=1S/C8H12/c1-6-4-5-7(2)8(6)3/h7H,1,3-5H2,2H3. The van der Waals surface area contributed by atoms with Crippen molar-refractivity contribution < 1.29 is 0 Å². The molecular weight excluding hydrogens is 96.1 g/mol. The van der Waals surface area contributed by atoms with Gasteiger partial charge in [0, 0.05) is 0 Å². The van der Waals surface area contributed by atoms with Crippen molar-refractivity contribution >= 4 is 0 Å². The molecule has 0 nitrogen and oxygen atoms in total.